The molecule has 0 aromatic rings. The van der Waals surface area contributed by atoms with Crippen LogP contribution in [0.2, 0.25) is 0 Å². The first-order valence-corrected chi connectivity index (χ1v) is 7.23. The molecule has 1 unspecified atom stereocenters. The van der Waals surface area contributed by atoms with E-state index in [1.807, 2.05) is 0 Å². The standard InChI is InChI=1S/C15H27N/c1-2-3-8-14(11-7-12-16)13-15-9-5-4-6-10-15/h14-15H,2-11,13H2,1H3. The molecule has 0 aromatic heterocycles. The highest BCUT2D eigenvalue weighted by atomic mass is 14.3. The molecule has 0 bridgehead atoms. The fourth-order valence-electron chi connectivity index (χ4n) is 3.04. The van der Waals surface area contributed by atoms with Gasteiger partial charge < -0.3 is 0 Å². The van der Waals surface area contributed by atoms with Crippen LogP contribution in [0.3, 0.4) is 0 Å². The fourth-order valence-corrected chi connectivity index (χ4v) is 3.04. The summed E-state index contributed by atoms with van der Waals surface area (Å²) in [5.41, 5.74) is 0. The second-order valence-corrected chi connectivity index (χ2v) is 5.44. The van der Waals surface area contributed by atoms with Crippen LogP contribution in [0.1, 0.15) is 77.6 Å². The Morgan fingerprint density at radius 1 is 1.19 bits per heavy atom. The van der Waals surface area contributed by atoms with Gasteiger partial charge >= 0.3 is 0 Å². The van der Waals surface area contributed by atoms with Gasteiger partial charge in [-0.15, -0.1) is 0 Å². The van der Waals surface area contributed by atoms with Crippen LogP contribution in [-0.2, 0) is 0 Å². The molecule has 0 saturated heterocycles. The van der Waals surface area contributed by atoms with E-state index in [2.05, 4.69) is 13.0 Å². The Hall–Kier alpha value is -0.510. The number of hydrogen-bond acceptors (Lipinski definition) is 1. The first kappa shape index (κ1) is 13.6. The highest BCUT2D eigenvalue weighted by Crippen LogP contribution is 2.32. The monoisotopic (exact) mass is 221 g/mol. The quantitative estimate of drug-likeness (QED) is 0.589. The first-order chi connectivity index (χ1) is 7.86. The second kappa shape index (κ2) is 8.62. The summed E-state index contributed by atoms with van der Waals surface area (Å²) in [7, 11) is 0. The highest BCUT2D eigenvalue weighted by Gasteiger charge is 2.18. The van der Waals surface area contributed by atoms with E-state index in [9.17, 15) is 0 Å². The Balaban J connectivity index is 2.26. The Morgan fingerprint density at radius 2 is 1.94 bits per heavy atom. The molecule has 0 aliphatic heterocycles. The van der Waals surface area contributed by atoms with Crippen LogP contribution in [0.25, 0.3) is 0 Å². The van der Waals surface area contributed by atoms with Crippen LogP contribution in [0, 0.1) is 23.2 Å². The van der Waals surface area contributed by atoms with Crippen molar-refractivity contribution in [1.82, 2.24) is 0 Å². The molecule has 0 heterocycles. The van der Waals surface area contributed by atoms with E-state index in [4.69, 9.17) is 5.26 Å². The van der Waals surface area contributed by atoms with Crippen LogP contribution in [-0.4, -0.2) is 0 Å². The van der Waals surface area contributed by atoms with Crippen LogP contribution in [0.15, 0.2) is 0 Å². The molecule has 0 N–H and O–H groups in total. The number of hydrogen-bond donors (Lipinski definition) is 0. The molecule has 1 aliphatic rings. The van der Waals surface area contributed by atoms with Gasteiger partial charge in [0.25, 0.3) is 0 Å². The van der Waals surface area contributed by atoms with Crippen LogP contribution < -0.4 is 0 Å². The summed E-state index contributed by atoms with van der Waals surface area (Å²) in [4.78, 5) is 0. The Labute approximate surface area is 101 Å². The molecule has 1 heteroatoms. The minimum absolute atomic E-state index is 0.765. The summed E-state index contributed by atoms with van der Waals surface area (Å²) < 4.78 is 0. The molecule has 1 aliphatic carbocycles. The van der Waals surface area contributed by atoms with Gasteiger partial charge in [0.1, 0.15) is 0 Å². The number of unbranched alkanes of at least 4 members (excludes halogenated alkanes) is 1. The molecular weight excluding hydrogens is 194 g/mol. The summed E-state index contributed by atoms with van der Waals surface area (Å²) >= 11 is 0. The summed E-state index contributed by atoms with van der Waals surface area (Å²) in [6.45, 7) is 2.27. The van der Waals surface area contributed by atoms with Crippen LogP contribution >= 0.6 is 0 Å². The number of nitriles is 1. The van der Waals surface area contributed by atoms with E-state index >= 15 is 0 Å². The Kier molecular flexibility index (Phi) is 7.30. The van der Waals surface area contributed by atoms with Gasteiger partial charge in [0.05, 0.1) is 6.07 Å². The smallest absolute Gasteiger partial charge is 0.0621 e. The molecular formula is C15H27N. The Morgan fingerprint density at radius 3 is 2.56 bits per heavy atom. The van der Waals surface area contributed by atoms with Gasteiger partial charge in [-0.25, -0.2) is 0 Å². The van der Waals surface area contributed by atoms with Crippen molar-refractivity contribution in [3.8, 4) is 6.07 Å². The molecule has 92 valence electrons. The van der Waals surface area contributed by atoms with E-state index < -0.39 is 0 Å². The fraction of sp³-hybridized carbons (Fsp3) is 0.933. The third-order valence-electron chi connectivity index (χ3n) is 4.02. The molecule has 0 spiro atoms. The third-order valence-corrected chi connectivity index (χ3v) is 4.02. The minimum Gasteiger partial charge on any atom is -0.198 e. The molecule has 0 amide bonds. The third kappa shape index (κ3) is 5.54. The predicted molar refractivity (Wildman–Crippen MR) is 69.1 cm³/mol. The number of nitrogens with zero attached hydrogens (tertiary/aromatic N) is 1. The topological polar surface area (TPSA) is 23.8 Å². The van der Waals surface area contributed by atoms with Crippen LogP contribution in [0.4, 0.5) is 0 Å². The lowest BCUT2D eigenvalue weighted by Gasteiger charge is -2.26. The highest BCUT2D eigenvalue weighted by molar-refractivity contribution is 4.75. The molecule has 1 nitrogen and oxygen atoms in total. The van der Waals surface area contributed by atoms with Crippen molar-refractivity contribution in [1.29, 1.82) is 5.26 Å². The maximum absolute atomic E-state index is 8.70. The van der Waals surface area contributed by atoms with E-state index in [-0.39, 0.29) is 0 Å². The maximum Gasteiger partial charge on any atom is 0.0621 e. The average Bonchev–Trinajstić information content (AvgIpc) is 2.34. The summed E-state index contributed by atoms with van der Waals surface area (Å²) in [5, 5.41) is 8.70. The molecule has 1 rings (SSSR count). The van der Waals surface area contributed by atoms with Gasteiger partial charge in [-0.3, -0.25) is 0 Å². The van der Waals surface area contributed by atoms with Crippen molar-refractivity contribution >= 4 is 0 Å². The number of rotatable bonds is 7. The molecule has 0 radical (unpaired) electrons. The first-order valence-electron chi connectivity index (χ1n) is 7.23. The van der Waals surface area contributed by atoms with Crippen LogP contribution in [0.5, 0.6) is 0 Å². The zero-order valence-corrected chi connectivity index (χ0v) is 10.9. The molecule has 0 aromatic carbocycles. The lowest BCUT2D eigenvalue weighted by Crippen LogP contribution is -2.12. The molecule has 1 atom stereocenters. The van der Waals surface area contributed by atoms with E-state index in [1.54, 1.807) is 0 Å². The minimum atomic E-state index is 0.765. The average molecular weight is 221 g/mol. The lowest BCUT2D eigenvalue weighted by atomic mass is 9.80. The summed E-state index contributed by atoms with van der Waals surface area (Å²) in [6.07, 6.45) is 14.6. The predicted octanol–water partition coefficient (Wildman–Crippen LogP) is 5.07. The molecule has 1 saturated carbocycles. The van der Waals surface area contributed by atoms with Crippen molar-refractivity contribution < 1.29 is 0 Å². The summed E-state index contributed by atoms with van der Waals surface area (Å²) in [5.74, 6) is 1.82. The Bertz CT molecular complexity index is 198. The second-order valence-electron chi connectivity index (χ2n) is 5.44. The van der Waals surface area contributed by atoms with Gasteiger partial charge in [-0.2, -0.15) is 5.26 Å². The normalized spacial score (nSPS) is 19.2. The van der Waals surface area contributed by atoms with E-state index in [0.717, 1.165) is 24.7 Å². The van der Waals surface area contributed by atoms with Gasteiger partial charge in [-0.1, -0.05) is 58.3 Å². The largest absolute Gasteiger partial charge is 0.198 e. The van der Waals surface area contributed by atoms with Gasteiger partial charge in [-0.05, 0) is 24.7 Å². The van der Waals surface area contributed by atoms with E-state index in [1.165, 1.54) is 57.8 Å². The van der Waals surface area contributed by atoms with Crippen molar-refractivity contribution in [3.63, 3.8) is 0 Å². The lowest BCUT2D eigenvalue weighted by molar-refractivity contribution is 0.268. The SMILES string of the molecule is CCCCC(CCC#N)CC1CCCCC1. The van der Waals surface area contributed by atoms with Crippen molar-refractivity contribution in [2.75, 3.05) is 0 Å². The van der Waals surface area contributed by atoms with Crippen molar-refractivity contribution in [2.24, 2.45) is 11.8 Å². The van der Waals surface area contributed by atoms with Gasteiger partial charge in [0, 0.05) is 6.42 Å². The molecule has 16 heavy (non-hydrogen) atoms. The van der Waals surface area contributed by atoms with Crippen molar-refractivity contribution in [3.05, 3.63) is 0 Å². The maximum atomic E-state index is 8.70. The molecule has 1 fully saturated rings. The van der Waals surface area contributed by atoms with Gasteiger partial charge in [0.15, 0.2) is 0 Å². The van der Waals surface area contributed by atoms with E-state index in [0.29, 0.717) is 0 Å². The zero-order chi connectivity index (χ0) is 11.6. The van der Waals surface area contributed by atoms with Crippen molar-refractivity contribution in [2.45, 2.75) is 77.6 Å². The van der Waals surface area contributed by atoms with Gasteiger partial charge in [0.2, 0.25) is 0 Å². The zero-order valence-electron chi connectivity index (χ0n) is 10.9. The summed E-state index contributed by atoms with van der Waals surface area (Å²) in [6, 6.07) is 2.31.